The fourth-order valence-corrected chi connectivity index (χ4v) is 2.92. The first kappa shape index (κ1) is 14.8. The van der Waals surface area contributed by atoms with Crippen LogP contribution in [0.5, 0.6) is 0 Å². The molecule has 0 unspecified atom stereocenters. The minimum Gasteiger partial charge on any atom is -0.460 e. The van der Waals surface area contributed by atoms with E-state index >= 15 is 0 Å². The van der Waals surface area contributed by atoms with Gasteiger partial charge < -0.3 is 10.1 Å². The zero-order valence-corrected chi connectivity index (χ0v) is 12.6. The number of nitrogens with one attached hydrogen (secondary N) is 1. The van der Waals surface area contributed by atoms with Crippen LogP contribution >= 0.6 is 0 Å². The van der Waals surface area contributed by atoms with Gasteiger partial charge in [0.2, 0.25) is 0 Å². The summed E-state index contributed by atoms with van der Waals surface area (Å²) in [6.45, 7) is 1.22. The molecule has 1 heterocycles. The Morgan fingerprint density at radius 1 is 1.00 bits per heavy atom. The number of hydrogen-bond donors (Lipinski definition) is 1. The summed E-state index contributed by atoms with van der Waals surface area (Å²) in [6, 6.07) is 20.0. The highest BCUT2D eigenvalue weighted by molar-refractivity contribution is 5.76. The molecule has 2 atom stereocenters. The van der Waals surface area contributed by atoms with Gasteiger partial charge in [-0.25, -0.2) is 0 Å². The van der Waals surface area contributed by atoms with Crippen LogP contribution in [0.2, 0.25) is 0 Å². The van der Waals surface area contributed by atoms with E-state index in [4.69, 9.17) is 4.74 Å². The lowest BCUT2D eigenvalue weighted by Crippen LogP contribution is -2.32. The number of benzene rings is 2. The molecule has 2 aromatic rings. The van der Waals surface area contributed by atoms with E-state index in [-0.39, 0.29) is 12.0 Å². The van der Waals surface area contributed by atoms with E-state index in [2.05, 4.69) is 29.6 Å². The largest absolute Gasteiger partial charge is 0.460 e. The third-order valence-electron chi connectivity index (χ3n) is 4.10. The molecule has 3 nitrogen and oxygen atoms in total. The Morgan fingerprint density at radius 2 is 1.64 bits per heavy atom. The molecule has 0 spiro atoms. The molecule has 1 saturated heterocycles. The highest BCUT2D eigenvalue weighted by Gasteiger charge is 2.30. The zero-order valence-electron chi connectivity index (χ0n) is 12.6. The van der Waals surface area contributed by atoms with Gasteiger partial charge in [0.1, 0.15) is 12.6 Å². The van der Waals surface area contributed by atoms with Crippen LogP contribution < -0.4 is 5.32 Å². The highest BCUT2D eigenvalue weighted by atomic mass is 16.5. The molecule has 1 fully saturated rings. The Bertz CT molecular complexity index is 597. The fraction of sp³-hybridized carbons (Fsp3) is 0.316. The van der Waals surface area contributed by atoms with Crippen molar-refractivity contribution in [1.82, 2.24) is 5.32 Å². The second-order valence-corrected chi connectivity index (χ2v) is 5.85. The molecule has 3 heteroatoms. The molecule has 0 aromatic heterocycles. The Morgan fingerprint density at radius 3 is 2.32 bits per heavy atom. The number of carbonyl (C=O) groups excluding carboxylic acids is 1. The summed E-state index contributed by atoms with van der Waals surface area (Å²) in [7, 11) is 0. The first-order valence-corrected chi connectivity index (χ1v) is 7.79. The Balaban J connectivity index is 1.46. The average molecular weight is 295 g/mol. The van der Waals surface area contributed by atoms with Crippen molar-refractivity contribution in [3.63, 3.8) is 0 Å². The first-order valence-electron chi connectivity index (χ1n) is 7.79. The molecule has 1 N–H and O–H groups in total. The van der Waals surface area contributed by atoms with Crippen molar-refractivity contribution in [3.05, 3.63) is 71.8 Å². The predicted molar refractivity (Wildman–Crippen MR) is 86.3 cm³/mol. The number of esters is 1. The smallest absolute Gasteiger partial charge is 0.323 e. The fourth-order valence-electron chi connectivity index (χ4n) is 2.92. The van der Waals surface area contributed by atoms with Crippen LogP contribution in [-0.2, 0) is 22.6 Å². The quantitative estimate of drug-likeness (QED) is 0.862. The molecule has 3 rings (SSSR count). The summed E-state index contributed by atoms with van der Waals surface area (Å²) in [4.78, 5) is 12.1. The van der Waals surface area contributed by atoms with E-state index in [1.54, 1.807) is 0 Å². The molecule has 1 aliphatic rings. The molecular weight excluding hydrogens is 274 g/mol. The number of carbonyl (C=O) groups is 1. The molecular formula is C19H21NO2. The number of hydrogen-bond acceptors (Lipinski definition) is 3. The maximum atomic E-state index is 12.1. The van der Waals surface area contributed by atoms with Crippen LogP contribution in [0.25, 0.3) is 0 Å². The van der Waals surface area contributed by atoms with Crippen molar-refractivity contribution in [2.24, 2.45) is 5.92 Å². The van der Waals surface area contributed by atoms with Crippen LogP contribution in [0.1, 0.15) is 17.5 Å². The topological polar surface area (TPSA) is 38.3 Å². The summed E-state index contributed by atoms with van der Waals surface area (Å²) in [6.07, 6.45) is 1.86. The van der Waals surface area contributed by atoms with Crippen molar-refractivity contribution >= 4 is 5.97 Å². The van der Waals surface area contributed by atoms with Crippen LogP contribution in [0, 0.1) is 5.92 Å². The molecule has 0 saturated carbocycles. The summed E-state index contributed by atoms with van der Waals surface area (Å²) < 4.78 is 5.41. The van der Waals surface area contributed by atoms with Crippen molar-refractivity contribution in [2.45, 2.75) is 25.5 Å². The molecule has 0 bridgehead atoms. The van der Waals surface area contributed by atoms with E-state index in [0.717, 1.165) is 24.9 Å². The van der Waals surface area contributed by atoms with Gasteiger partial charge in [-0.2, -0.15) is 0 Å². The first-order chi connectivity index (χ1) is 10.8. The molecule has 0 amide bonds. The molecule has 0 aliphatic carbocycles. The van der Waals surface area contributed by atoms with Gasteiger partial charge in [0.15, 0.2) is 0 Å². The average Bonchev–Trinajstić information content (AvgIpc) is 3.03. The predicted octanol–water partition coefficient (Wildman–Crippen LogP) is 2.95. The van der Waals surface area contributed by atoms with Crippen LogP contribution in [0.15, 0.2) is 60.7 Å². The Labute approximate surface area is 131 Å². The van der Waals surface area contributed by atoms with Gasteiger partial charge in [-0.1, -0.05) is 60.7 Å². The van der Waals surface area contributed by atoms with E-state index in [1.165, 1.54) is 5.56 Å². The van der Waals surface area contributed by atoms with E-state index in [0.29, 0.717) is 12.5 Å². The van der Waals surface area contributed by atoms with E-state index in [1.807, 2.05) is 36.4 Å². The molecule has 1 aliphatic heterocycles. The monoisotopic (exact) mass is 295 g/mol. The standard InChI is InChI=1S/C19H21NO2/c21-19(22-14-16-9-5-2-6-10-16)18-12-17(13-20-18)11-15-7-3-1-4-8-15/h1-10,17-18,20H,11-14H2/t17-,18-/m0/s1. The second-order valence-electron chi connectivity index (χ2n) is 5.85. The summed E-state index contributed by atoms with van der Waals surface area (Å²) in [5.74, 6) is 0.357. The van der Waals surface area contributed by atoms with E-state index in [9.17, 15) is 4.79 Å². The van der Waals surface area contributed by atoms with Gasteiger partial charge in [-0.05, 0) is 36.4 Å². The second kappa shape index (κ2) is 7.23. The lowest BCUT2D eigenvalue weighted by atomic mass is 9.97. The SMILES string of the molecule is O=C(OCc1ccccc1)[C@@H]1C[C@H](Cc2ccccc2)CN1. The third-order valence-corrected chi connectivity index (χ3v) is 4.10. The molecule has 114 valence electrons. The van der Waals surface area contributed by atoms with Gasteiger partial charge >= 0.3 is 5.97 Å². The summed E-state index contributed by atoms with van der Waals surface area (Å²) >= 11 is 0. The third kappa shape index (κ3) is 3.95. The van der Waals surface area contributed by atoms with Crippen molar-refractivity contribution in [1.29, 1.82) is 0 Å². The number of rotatable bonds is 5. The van der Waals surface area contributed by atoms with Crippen LogP contribution in [0.4, 0.5) is 0 Å². The van der Waals surface area contributed by atoms with E-state index < -0.39 is 0 Å². The summed E-state index contributed by atoms with van der Waals surface area (Å²) in [5.41, 5.74) is 2.35. The lowest BCUT2D eigenvalue weighted by Gasteiger charge is -2.11. The van der Waals surface area contributed by atoms with Crippen molar-refractivity contribution < 1.29 is 9.53 Å². The van der Waals surface area contributed by atoms with Gasteiger partial charge in [0, 0.05) is 0 Å². The van der Waals surface area contributed by atoms with Crippen LogP contribution in [0.3, 0.4) is 0 Å². The highest BCUT2D eigenvalue weighted by Crippen LogP contribution is 2.20. The Hall–Kier alpha value is -2.13. The van der Waals surface area contributed by atoms with Gasteiger partial charge in [0.25, 0.3) is 0 Å². The number of ether oxygens (including phenoxy) is 1. The van der Waals surface area contributed by atoms with Gasteiger partial charge in [-0.15, -0.1) is 0 Å². The zero-order chi connectivity index (χ0) is 15.2. The molecule has 2 aromatic carbocycles. The normalized spacial score (nSPS) is 20.7. The maximum absolute atomic E-state index is 12.1. The molecule has 22 heavy (non-hydrogen) atoms. The van der Waals surface area contributed by atoms with Crippen LogP contribution in [-0.4, -0.2) is 18.6 Å². The van der Waals surface area contributed by atoms with Gasteiger partial charge in [0.05, 0.1) is 0 Å². The van der Waals surface area contributed by atoms with Crippen molar-refractivity contribution in [3.8, 4) is 0 Å². The Kier molecular flexibility index (Phi) is 4.86. The van der Waals surface area contributed by atoms with Crippen molar-refractivity contribution in [2.75, 3.05) is 6.54 Å². The maximum Gasteiger partial charge on any atom is 0.323 e. The summed E-state index contributed by atoms with van der Waals surface area (Å²) in [5, 5.41) is 3.29. The molecule has 0 radical (unpaired) electrons. The minimum absolute atomic E-state index is 0.139. The van der Waals surface area contributed by atoms with Gasteiger partial charge in [-0.3, -0.25) is 4.79 Å². The minimum atomic E-state index is -0.169. The lowest BCUT2D eigenvalue weighted by molar-refractivity contribution is -0.147.